The summed E-state index contributed by atoms with van der Waals surface area (Å²) >= 11 is 0. The molecule has 1 saturated heterocycles. The molecule has 29 heavy (non-hydrogen) atoms. The highest BCUT2D eigenvalue weighted by Gasteiger charge is 2.19. The first-order valence-electron chi connectivity index (χ1n) is 9.57. The van der Waals surface area contributed by atoms with Crippen LogP contribution in [0.25, 0.3) is 0 Å². The second-order valence-corrected chi connectivity index (χ2v) is 6.95. The van der Waals surface area contributed by atoms with E-state index >= 15 is 0 Å². The number of carbonyl (C=O) groups is 2. The van der Waals surface area contributed by atoms with Gasteiger partial charge in [0, 0.05) is 36.7 Å². The van der Waals surface area contributed by atoms with Crippen molar-refractivity contribution in [1.29, 1.82) is 0 Å². The van der Waals surface area contributed by atoms with Crippen LogP contribution < -0.4 is 21.5 Å². The molecule has 1 aliphatic heterocycles. The smallest absolute Gasteiger partial charge is 0.328 e. The highest BCUT2D eigenvalue weighted by atomic mass is 16.5. The summed E-state index contributed by atoms with van der Waals surface area (Å²) in [5.74, 6) is -1.24. The van der Waals surface area contributed by atoms with Crippen molar-refractivity contribution >= 4 is 23.3 Å². The molecule has 2 N–H and O–H groups in total. The molecule has 2 aromatic rings. The molecule has 1 aromatic carbocycles. The van der Waals surface area contributed by atoms with E-state index in [9.17, 15) is 19.2 Å². The molecule has 0 saturated carbocycles. The van der Waals surface area contributed by atoms with Gasteiger partial charge in [-0.3, -0.25) is 23.9 Å². The van der Waals surface area contributed by atoms with Crippen molar-refractivity contribution in [3.8, 4) is 0 Å². The van der Waals surface area contributed by atoms with Crippen LogP contribution in [-0.2, 0) is 20.9 Å². The molecule has 9 nitrogen and oxygen atoms in total. The number of amides is 1. The SMILES string of the molecule is C[C@@H](OC(=O)Cn1ccc(=O)[nH]c1=O)C(=O)Nc1ccc(N2CCCCC2)cc1. The predicted molar refractivity (Wildman–Crippen MR) is 108 cm³/mol. The number of nitrogens with one attached hydrogen (secondary N) is 2. The second-order valence-electron chi connectivity index (χ2n) is 6.95. The number of esters is 1. The number of ether oxygens (including phenoxy) is 1. The lowest BCUT2D eigenvalue weighted by molar-refractivity contribution is -0.153. The molecule has 0 bridgehead atoms. The Morgan fingerprint density at radius 2 is 1.79 bits per heavy atom. The maximum atomic E-state index is 12.3. The van der Waals surface area contributed by atoms with Crippen molar-refractivity contribution in [2.75, 3.05) is 23.3 Å². The van der Waals surface area contributed by atoms with E-state index in [0.29, 0.717) is 5.69 Å². The van der Waals surface area contributed by atoms with Crippen molar-refractivity contribution in [3.05, 3.63) is 57.4 Å². The predicted octanol–water partition coefficient (Wildman–Crippen LogP) is 1.10. The maximum absolute atomic E-state index is 12.3. The minimum atomic E-state index is -1.04. The third-order valence-corrected chi connectivity index (χ3v) is 4.73. The fraction of sp³-hybridized carbons (Fsp3) is 0.400. The molecule has 1 atom stereocenters. The Kier molecular flexibility index (Phi) is 6.48. The number of aromatic amines is 1. The van der Waals surface area contributed by atoms with Gasteiger partial charge in [0.25, 0.3) is 11.5 Å². The topological polar surface area (TPSA) is 113 Å². The third kappa shape index (κ3) is 5.56. The van der Waals surface area contributed by atoms with E-state index in [1.165, 1.54) is 32.4 Å². The van der Waals surface area contributed by atoms with Crippen molar-refractivity contribution in [1.82, 2.24) is 9.55 Å². The number of aromatic nitrogens is 2. The highest BCUT2D eigenvalue weighted by molar-refractivity contribution is 5.95. The standard InChI is InChI=1S/C20H24N4O5/c1-14(29-18(26)13-24-12-9-17(25)22-20(24)28)19(27)21-15-5-7-16(8-6-15)23-10-3-2-4-11-23/h5-9,12,14H,2-4,10-11,13H2,1H3,(H,21,27)(H,22,25,28)/t14-/m1/s1. The average Bonchev–Trinajstić information content (AvgIpc) is 2.71. The molecule has 9 heteroatoms. The Morgan fingerprint density at radius 3 is 2.45 bits per heavy atom. The zero-order valence-electron chi connectivity index (χ0n) is 16.2. The molecule has 0 radical (unpaired) electrons. The number of benzene rings is 1. The normalized spacial score (nSPS) is 14.9. The molecule has 154 valence electrons. The van der Waals surface area contributed by atoms with E-state index in [1.54, 1.807) is 0 Å². The number of anilines is 2. The molecule has 1 amide bonds. The second kappa shape index (κ2) is 9.22. The Labute approximate surface area is 167 Å². The number of H-pyrrole nitrogens is 1. The zero-order valence-corrected chi connectivity index (χ0v) is 16.2. The molecular formula is C20H24N4O5. The van der Waals surface area contributed by atoms with E-state index in [2.05, 4.69) is 10.2 Å². The number of hydrogen-bond donors (Lipinski definition) is 2. The fourth-order valence-electron chi connectivity index (χ4n) is 3.15. The molecule has 1 aliphatic rings. The lowest BCUT2D eigenvalue weighted by Crippen LogP contribution is -2.35. The molecule has 1 fully saturated rings. The summed E-state index contributed by atoms with van der Waals surface area (Å²) in [6.45, 7) is 3.12. The van der Waals surface area contributed by atoms with E-state index in [4.69, 9.17) is 4.74 Å². The monoisotopic (exact) mass is 400 g/mol. The van der Waals surface area contributed by atoms with Crippen molar-refractivity contribution < 1.29 is 14.3 Å². The average molecular weight is 400 g/mol. The summed E-state index contributed by atoms with van der Waals surface area (Å²) < 4.78 is 6.08. The van der Waals surface area contributed by atoms with Gasteiger partial charge in [-0.25, -0.2) is 4.79 Å². The van der Waals surface area contributed by atoms with Gasteiger partial charge in [-0.05, 0) is 50.5 Å². The summed E-state index contributed by atoms with van der Waals surface area (Å²) in [6, 6.07) is 8.67. The number of hydrogen-bond acceptors (Lipinski definition) is 6. The van der Waals surface area contributed by atoms with Gasteiger partial charge >= 0.3 is 11.7 Å². The lowest BCUT2D eigenvalue weighted by atomic mass is 10.1. The first kappa shape index (κ1) is 20.4. The number of nitrogens with zero attached hydrogens (tertiary/aromatic N) is 2. The van der Waals surface area contributed by atoms with Crippen LogP contribution in [0.15, 0.2) is 46.1 Å². The van der Waals surface area contributed by atoms with Crippen molar-refractivity contribution in [2.24, 2.45) is 0 Å². The van der Waals surface area contributed by atoms with Crippen LogP contribution in [0.5, 0.6) is 0 Å². The van der Waals surface area contributed by atoms with Crippen LogP contribution in [0.2, 0.25) is 0 Å². The Balaban J connectivity index is 1.52. The molecule has 0 unspecified atom stereocenters. The Morgan fingerprint density at radius 1 is 1.10 bits per heavy atom. The van der Waals surface area contributed by atoms with Gasteiger partial charge in [0.15, 0.2) is 6.10 Å². The van der Waals surface area contributed by atoms with Crippen molar-refractivity contribution in [2.45, 2.75) is 38.8 Å². The largest absolute Gasteiger partial charge is 0.451 e. The fourth-order valence-corrected chi connectivity index (χ4v) is 3.15. The molecule has 2 heterocycles. The first-order valence-corrected chi connectivity index (χ1v) is 9.57. The van der Waals surface area contributed by atoms with Gasteiger partial charge in [0.1, 0.15) is 6.54 Å². The summed E-state index contributed by atoms with van der Waals surface area (Å²) in [4.78, 5) is 51.3. The van der Waals surface area contributed by atoms with Gasteiger partial charge in [-0.1, -0.05) is 0 Å². The summed E-state index contributed by atoms with van der Waals surface area (Å²) in [6.07, 6.45) is 3.79. The summed E-state index contributed by atoms with van der Waals surface area (Å²) in [7, 11) is 0. The van der Waals surface area contributed by atoms with E-state index < -0.39 is 35.8 Å². The van der Waals surface area contributed by atoms with Crippen molar-refractivity contribution in [3.63, 3.8) is 0 Å². The van der Waals surface area contributed by atoms with Crippen LogP contribution in [0.1, 0.15) is 26.2 Å². The minimum Gasteiger partial charge on any atom is -0.451 e. The number of carbonyl (C=O) groups excluding carboxylic acids is 2. The lowest BCUT2D eigenvalue weighted by Gasteiger charge is -2.28. The summed E-state index contributed by atoms with van der Waals surface area (Å²) in [5.41, 5.74) is 0.447. The van der Waals surface area contributed by atoms with Gasteiger partial charge in [0.05, 0.1) is 0 Å². The molecular weight excluding hydrogens is 376 g/mol. The van der Waals surface area contributed by atoms with Crippen LogP contribution in [0.3, 0.4) is 0 Å². The van der Waals surface area contributed by atoms with Crippen LogP contribution in [0, 0.1) is 0 Å². The number of piperidine rings is 1. The minimum absolute atomic E-state index is 0.405. The number of rotatable bonds is 6. The third-order valence-electron chi connectivity index (χ3n) is 4.73. The van der Waals surface area contributed by atoms with E-state index in [-0.39, 0.29) is 0 Å². The first-order chi connectivity index (χ1) is 13.9. The van der Waals surface area contributed by atoms with Gasteiger partial charge in [-0.15, -0.1) is 0 Å². The zero-order chi connectivity index (χ0) is 20.8. The van der Waals surface area contributed by atoms with E-state index in [1.807, 2.05) is 29.2 Å². The van der Waals surface area contributed by atoms with Crippen LogP contribution in [0.4, 0.5) is 11.4 Å². The highest BCUT2D eigenvalue weighted by Crippen LogP contribution is 2.21. The molecule has 1 aromatic heterocycles. The molecule has 0 aliphatic carbocycles. The van der Waals surface area contributed by atoms with Gasteiger partial charge in [0.2, 0.25) is 0 Å². The Hall–Kier alpha value is -3.36. The van der Waals surface area contributed by atoms with Crippen LogP contribution >= 0.6 is 0 Å². The van der Waals surface area contributed by atoms with Gasteiger partial charge < -0.3 is 15.0 Å². The maximum Gasteiger partial charge on any atom is 0.328 e. The van der Waals surface area contributed by atoms with Gasteiger partial charge in [-0.2, -0.15) is 0 Å². The quantitative estimate of drug-likeness (QED) is 0.702. The van der Waals surface area contributed by atoms with E-state index in [0.717, 1.165) is 29.4 Å². The molecule has 3 rings (SSSR count). The Bertz CT molecular complexity index is 973. The summed E-state index contributed by atoms with van der Waals surface area (Å²) in [5, 5.41) is 2.71. The molecule has 0 spiro atoms. The van der Waals surface area contributed by atoms with Crippen LogP contribution in [-0.4, -0.2) is 40.6 Å².